The standard InChI is InChI=1S/C32H34N2/c1-24(27-14-12-25-16-18-33(22-29(25)20-27)31-8-4-2-5-9-31)28-15-13-26-17-19-34(23-30(26)21-28)32-10-6-3-7-11-32/h4,6,8-15,20-21H,1-3,5,7,16-19,22-23H2. The van der Waals surface area contributed by atoms with Crippen LogP contribution in [0.1, 0.15) is 59.1 Å². The molecule has 0 atom stereocenters. The number of rotatable bonds is 4. The third kappa shape index (κ3) is 4.18. The Balaban J connectivity index is 1.22. The molecule has 0 N–H and O–H groups in total. The summed E-state index contributed by atoms with van der Waals surface area (Å²) in [5.74, 6) is 0. The fourth-order valence-corrected chi connectivity index (χ4v) is 5.77. The van der Waals surface area contributed by atoms with E-state index in [9.17, 15) is 0 Å². The summed E-state index contributed by atoms with van der Waals surface area (Å²) in [5.41, 5.74) is 12.3. The van der Waals surface area contributed by atoms with E-state index < -0.39 is 0 Å². The minimum Gasteiger partial charge on any atom is -0.367 e. The average molecular weight is 447 g/mol. The van der Waals surface area contributed by atoms with E-state index in [0.29, 0.717) is 0 Å². The highest BCUT2D eigenvalue weighted by molar-refractivity contribution is 5.79. The maximum Gasteiger partial charge on any atom is 0.0432 e. The van der Waals surface area contributed by atoms with Crippen molar-refractivity contribution >= 4 is 5.57 Å². The van der Waals surface area contributed by atoms with Crippen molar-refractivity contribution in [2.45, 2.75) is 51.6 Å². The zero-order valence-corrected chi connectivity index (χ0v) is 20.1. The van der Waals surface area contributed by atoms with Gasteiger partial charge in [-0.3, -0.25) is 0 Å². The molecular weight excluding hydrogens is 412 g/mol. The quantitative estimate of drug-likeness (QED) is 0.502. The van der Waals surface area contributed by atoms with E-state index in [1.54, 1.807) is 0 Å². The summed E-state index contributed by atoms with van der Waals surface area (Å²) >= 11 is 0. The van der Waals surface area contributed by atoms with Gasteiger partial charge in [-0.25, -0.2) is 0 Å². The lowest BCUT2D eigenvalue weighted by Crippen LogP contribution is -2.30. The first-order valence-electron chi connectivity index (χ1n) is 12.9. The van der Waals surface area contributed by atoms with Gasteiger partial charge in [-0.05, 0) is 102 Å². The lowest BCUT2D eigenvalue weighted by atomic mass is 9.90. The summed E-state index contributed by atoms with van der Waals surface area (Å²) in [7, 11) is 0. The Hall–Kier alpha value is -3.26. The SMILES string of the molecule is C=C(c1ccc2c(c1)CN(C1=CCCC=C1)CC2)c1ccc2c(c1)CN(C1=CCCC=C1)CC2. The van der Waals surface area contributed by atoms with Crippen molar-refractivity contribution in [3.63, 3.8) is 0 Å². The number of benzene rings is 2. The van der Waals surface area contributed by atoms with Crippen LogP contribution < -0.4 is 0 Å². The molecule has 0 amide bonds. The summed E-state index contributed by atoms with van der Waals surface area (Å²) in [6.45, 7) is 8.74. The highest BCUT2D eigenvalue weighted by Crippen LogP contribution is 2.32. The molecule has 2 nitrogen and oxygen atoms in total. The zero-order chi connectivity index (χ0) is 22.9. The Morgan fingerprint density at radius 1 is 0.618 bits per heavy atom. The monoisotopic (exact) mass is 446 g/mol. The summed E-state index contributed by atoms with van der Waals surface area (Å²) in [5, 5.41) is 0. The summed E-state index contributed by atoms with van der Waals surface area (Å²) in [4.78, 5) is 5.07. The number of nitrogens with zero attached hydrogens (tertiary/aromatic N) is 2. The van der Waals surface area contributed by atoms with E-state index in [4.69, 9.17) is 0 Å². The molecule has 0 unspecified atom stereocenters. The summed E-state index contributed by atoms with van der Waals surface area (Å²) < 4.78 is 0. The fraction of sp³-hybridized carbons (Fsp3) is 0.312. The van der Waals surface area contributed by atoms with Crippen LogP contribution in [0.25, 0.3) is 5.57 Å². The first-order valence-corrected chi connectivity index (χ1v) is 12.9. The largest absolute Gasteiger partial charge is 0.367 e. The Morgan fingerprint density at radius 3 is 1.56 bits per heavy atom. The predicted octanol–water partition coefficient (Wildman–Crippen LogP) is 6.93. The molecular formula is C32H34N2. The van der Waals surface area contributed by atoms with Crippen LogP contribution in [0.5, 0.6) is 0 Å². The second kappa shape index (κ2) is 9.18. The smallest absolute Gasteiger partial charge is 0.0432 e. The van der Waals surface area contributed by atoms with Gasteiger partial charge >= 0.3 is 0 Å². The van der Waals surface area contributed by atoms with Crippen molar-refractivity contribution in [3.8, 4) is 0 Å². The minimum absolute atomic E-state index is 0.994. The second-order valence-corrected chi connectivity index (χ2v) is 10.0. The lowest BCUT2D eigenvalue weighted by Gasteiger charge is -2.33. The fourth-order valence-electron chi connectivity index (χ4n) is 5.77. The molecule has 0 saturated heterocycles. The molecule has 2 heteroatoms. The van der Waals surface area contributed by atoms with E-state index in [-0.39, 0.29) is 0 Å². The molecule has 34 heavy (non-hydrogen) atoms. The Kier molecular flexibility index (Phi) is 5.74. The molecule has 2 aliphatic heterocycles. The van der Waals surface area contributed by atoms with Crippen LogP contribution >= 0.6 is 0 Å². The van der Waals surface area contributed by atoms with Gasteiger partial charge in [-0.15, -0.1) is 0 Å². The second-order valence-electron chi connectivity index (χ2n) is 10.0. The number of fused-ring (bicyclic) bond motifs is 2. The molecule has 2 aromatic carbocycles. The minimum atomic E-state index is 0.994. The zero-order valence-electron chi connectivity index (χ0n) is 20.1. The van der Waals surface area contributed by atoms with Crippen LogP contribution in [-0.4, -0.2) is 22.9 Å². The van der Waals surface area contributed by atoms with Crippen LogP contribution in [0.3, 0.4) is 0 Å². The van der Waals surface area contributed by atoms with Gasteiger partial charge in [0.2, 0.25) is 0 Å². The van der Waals surface area contributed by atoms with Gasteiger partial charge in [0.1, 0.15) is 0 Å². The molecule has 0 saturated carbocycles. The van der Waals surface area contributed by atoms with Crippen molar-refractivity contribution < 1.29 is 0 Å². The van der Waals surface area contributed by atoms with Crippen LogP contribution in [0.4, 0.5) is 0 Å². The molecule has 2 aliphatic carbocycles. The summed E-state index contributed by atoms with van der Waals surface area (Å²) in [6.07, 6.45) is 20.9. The number of allylic oxidation sites excluding steroid dienone is 6. The molecule has 4 aliphatic rings. The Labute approximate surface area is 204 Å². The number of hydrogen-bond donors (Lipinski definition) is 0. The Bertz CT molecular complexity index is 1140. The highest BCUT2D eigenvalue weighted by Gasteiger charge is 2.21. The molecule has 2 aromatic rings. The van der Waals surface area contributed by atoms with E-state index in [2.05, 4.69) is 89.2 Å². The van der Waals surface area contributed by atoms with Crippen molar-refractivity contribution in [2.24, 2.45) is 0 Å². The van der Waals surface area contributed by atoms with Crippen LogP contribution in [0.15, 0.2) is 90.8 Å². The van der Waals surface area contributed by atoms with Crippen LogP contribution in [0.2, 0.25) is 0 Å². The average Bonchev–Trinajstić information content (AvgIpc) is 2.92. The third-order valence-electron chi connectivity index (χ3n) is 7.82. The van der Waals surface area contributed by atoms with Crippen LogP contribution in [0, 0.1) is 0 Å². The maximum atomic E-state index is 4.54. The first kappa shape index (κ1) is 21.3. The van der Waals surface area contributed by atoms with Gasteiger partial charge in [0.15, 0.2) is 0 Å². The molecule has 172 valence electrons. The van der Waals surface area contributed by atoms with E-state index in [1.807, 2.05) is 0 Å². The van der Waals surface area contributed by atoms with Crippen molar-refractivity contribution in [1.29, 1.82) is 0 Å². The van der Waals surface area contributed by atoms with E-state index >= 15 is 0 Å². The van der Waals surface area contributed by atoms with E-state index in [0.717, 1.165) is 57.4 Å². The molecule has 2 heterocycles. The van der Waals surface area contributed by atoms with Gasteiger partial charge in [-0.1, -0.05) is 55.1 Å². The van der Waals surface area contributed by atoms with Crippen LogP contribution in [-0.2, 0) is 25.9 Å². The first-order chi connectivity index (χ1) is 16.7. The molecule has 0 spiro atoms. The van der Waals surface area contributed by atoms with E-state index in [1.165, 1.54) is 57.6 Å². The lowest BCUT2D eigenvalue weighted by molar-refractivity contribution is 0.329. The predicted molar refractivity (Wildman–Crippen MR) is 142 cm³/mol. The normalized spacial score (nSPS) is 19.3. The van der Waals surface area contributed by atoms with Crippen molar-refractivity contribution in [1.82, 2.24) is 9.80 Å². The number of hydrogen-bond acceptors (Lipinski definition) is 2. The summed E-state index contributed by atoms with van der Waals surface area (Å²) in [6, 6.07) is 14.0. The molecule has 0 bridgehead atoms. The topological polar surface area (TPSA) is 6.48 Å². The highest BCUT2D eigenvalue weighted by atomic mass is 15.1. The van der Waals surface area contributed by atoms with Gasteiger partial charge in [0, 0.05) is 37.6 Å². The maximum absolute atomic E-state index is 4.54. The molecule has 0 aromatic heterocycles. The third-order valence-corrected chi connectivity index (χ3v) is 7.82. The Morgan fingerprint density at radius 2 is 1.12 bits per heavy atom. The van der Waals surface area contributed by atoms with Gasteiger partial charge in [0.05, 0.1) is 0 Å². The molecule has 0 fully saturated rings. The van der Waals surface area contributed by atoms with Gasteiger partial charge in [0.25, 0.3) is 0 Å². The van der Waals surface area contributed by atoms with Crippen molar-refractivity contribution in [3.05, 3.63) is 124 Å². The molecule has 0 radical (unpaired) electrons. The van der Waals surface area contributed by atoms with Gasteiger partial charge < -0.3 is 9.80 Å². The van der Waals surface area contributed by atoms with Gasteiger partial charge in [-0.2, -0.15) is 0 Å². The van der Waals surface area contributed by atoms with Crippen molar-refractivity contribution in [2.75, 3.05) is 13.1 Å². The molecule has 6 rings (SSSR count).